The van der Waals surface area contributed by atoms with Crippen LogP contribution in [-0.2, 0) is 18.4 Å². The van der Waals surface area contributed by atoms with Gasteiger partial charge >= 0.3 is 21.8 Å². The van der Waals surface area contributed by atoms with Crippen LogP contribution in [0, 0.1) is 0 Å². The molecule has 0 aromatic carbocycles. The lowest BCUT2D eigenvalue weighted by atomic mass is 10.5. The van der Waals surface area contributed by atoms with Gasteiger partial charge in [0.15, 0.2) is 0 Å². The average Bonchev–Trinajstić information content (AvgIpc) is 1.82. The topological polar surface area (TPSA) is 121 Å². The van der Waals surface area contributed by atoms with Crippen molar-refractivity contribution < 1.29 is 33.1 Å². The van der Waals surface area contributed by atoms with E-state index in [9.17, 15) is 13.9 Å². The van der Waals surface area contributed by atoms with Gasteiger partial charge in [-0.05, 0) is 6.92 Å². The summed E-state index contributed by atoms with van der Waals surface area (Å²) in [6.07, 6.45) is 0.827. The minimum absolute atomic E-state index is 0.827. The highest BCUT2D eigenvalue weighted by Gasteiger charge is 2.29. The molecule has 76 valence electrons. The van der Waals surface area contributed by atoms with E-state index in [2.05, 4.69) is 4.52 Å². The summed E-state index contributed by atoms with van der Waals surface area (Å²) in [6, 6.07) is 0. The molecule has 0 aromatic heterocycles. The summed E-state index contributed by atoms with van der Waals surface area (Å²) in [5.41, 5.74) is 0. The van der Waals surface area contributed by atoms with E-state index in [4.69, 9.17) is 14.7 Å². The third-order valence-electron chi connectivity index (χ3n) is 0.976. The predicted molar refractivity (Wildman–Crippen MR) is 43.1 cm³/mol. The highest BCUT2D eigenvalue weighted by atomic mass is 31.2. The summed E-state index contributed by atoms with van der Waals surface area (Å²) >= 11 is 0. The highest BCUT2D eigenvalue weighted by Crippen LogP contribution is 2.46. The molecule has 0 amide bonds. The second-order valence-corrected chi connectivity index (χ2v) is 4.18. The van der Waals surface area contributed by atoms with Gasteiger partial charge in [0.05, 0.1) is 0 Å². The van der Waals surface area contributed by atoms with Gasteiger partial charge in [-0.25, -0.2) is 9.36 Å². The van der Waals surface area contributed by atoms with Crippen LogP contribution < -0.4 is 0 Å². The molecule has 0 heterocycles. The Morgan fingerprint density at radius 3 is 2.23 bits per heavy atom. The van der Waals surface area contributed by atoms with E-state index in [-0.39, 0.29) is 0 Å². The van der Waals surface area contributed by atoms with E-state index >= 15 is 0 Å². The summed E-state index contributed by atoms with van der Waals surface area (Å²) in [4.78, 5) is 35.9. The molecule has 13 heavy (non-hydrogen) atoms. The van der Waals surface area contributed by atoms with Gasteiger partial charge in [0.2, 0.25) is 0 Å². The zero-order valence-electron chi connectivity index (χ0n) is 6.50. The minimum Gasteiger partial charge on any atom is -0.390 e. The monoisotopic (exact) mass is 230 g/mol. The molecule has 3 N–H and O–H groups in total. The van der Waals surface area contributed by atoms with Gasteiger partial charge in [-0.1, -0.05) is 6.08 Å². The number of carbonyl (C=O) groups is 1. The SMILES string of the molecule is CC=C(C(=O)O[PH](=O)O)P(=O)(O)O. The maximum absolute atomic E-state index is 10.7. The van der Waals surface area contributed by atoms with E-state index < -0.39 is 27.1 Å². The number of allylic oxidation sites excluding steroid dienone is 1. The van der Waals surface area contributed by atoms with E-state index in [1.165, 1.54) is 6.92 Å². The summed E-state index contributed by atoms with van der Waals surface area (Å²) in [6.45, 7) is 1.20. The van der Waals surface area contributed by atoms with Gasteiger partial charge < -0.3 is 19.2 Å². The highest BCUT2D eigenvalue weighted by molar-refractivity contribution is 7.58. The van der Waals surface area contributed by atoms with Gasteiger partial charge in [-0.2, -0.15) is 0 Å². The molecule has 0 spiro atoms. The fourth-order valence-electron chi connectivity index (χ4n) is 0.537. The zero-order chi connectivity index (χ0) is 10.6. The molecule has 0 aliphatic heterocycles. The Kier molecular flexibility index (Phi) is 4.53. The summed E-state index contributed by atoms with van der Waals surface area (Å²) < 4.78 is 24.3. The first-order valence-electron chi connectivity index (χ1n) is 2.96. The van der Waals surface area contributed by atoms with Crippen LogP contribution in [0.2, 0.25) is 0 Å². The van der Waals surface area contributed by atoms with Crippen molar-refractivity contribution in [1.29, 1.82) is 0 Å². The standard InChI is InChI=1S/C4H8O7P2/c1-2-3(13(8,9)10)4(5)11-12(6)7/h2,12H,1H3,(H,6,7)(H2,8,9,10). The van der Waals surface area contributed by atoms with Crippen LogP contribution in [0.25, 0.3) is 0 Å². The largest absolute Gasteiger partial charge is 0.390 e. The minimum atomic E-state index is -4.74. The molecule has 9 heteroatoms. The molecule has 1 atom stereocenters. The number of hydrogen-bond acceptors (Lipinski definition) is 4. The Hall–Kier alpha value is -0.450. The molecule has 7 nitrogen and oxygen atoms in total. The van der Waals surface area contributed by atoms with Crippen LogP contribution >= 0.6 is 15.9 Å². The normalized spacial score (nSPS) is 15.2. The predicted octanol–water partition coefficient (Wildman–Crippen LogP) is -0.00690. The summed E-state index contributed by atoms with van der Waals surface area (Å²) in [5.74, 6) is -1.48. The van der Waals surface area contributed by atoms with Crippen LogP contribution in [0.1, 0.15) is 6.92 Å². The maximum atomic E-state index is 10.7. The smallest absolute Gasteiger partial charge is 0.367 e. The van der Waals surface area contributed by atoms with E-state index in [0.29, 0.717) is 0 Å². The summed E-state index contributed by atoms with van der Waals surface area (Å²) in [7, 11) is -8.27. The van der Waals surface area contributed by atoms with Crippen molar-refractivity contribution in [3.63, 3.8) is 0 Å². The van der Waals surface area contributed by atoms with Crippen LogP contribution in [0.4, 0.5) is 0 Å². The van der Waals surface area contributed by atoms with Crippen molar-refractivity contribution in [1.82, 2.24) is 0 Å². The lowest BCUT2D eigenvalue weighted by molar-refractivity contribution is -0.129. The molecular formula is C4H8O7P2. The lowest BCUT2D eigenvalue weighted by Gasteiger charge is -2.06. The lowest BCUT2D eigenvalue weighted by Crippen LogP contribution is -2.03. The first-order valence-corrected chi connectivity index (χ1v) is 5.84. The first-order chi connectivity index (χ1) is 5.79. The van der Waals surface area contributed by atoms with E-state index in [0.717, 1.165) is 6.08 Å². The fourth-order valence-corrected chi connectivity index (χ4v) is 1.51. The molecule has 0 fully saturated rings. The third kappa shape index (κ3) is 4.36. The molecule has 0 saturated heterocycles. The molecule has 0 rings (SSSR count). The maximum Gasteiger partial charge on any atom is 0.367 e. The molecule has 1 unspecified atom stereocenters. The number of carbonyl (C=O) groups excluding carboxylic acids is 1. The summed E-state index contributed by atoms with van der Waals surface area (Å²) in [5, 5.41) is -0.931. The quantitative estimate of drug-likeness (QED) is 0.460. The molecule has 0 bridgehead atoms. The molecule has 0 radical (unpaired) electrons. The van der Waals surface area contributed by atoms with Crippen LogP contribution in [0.5, 0.6) is 0 Å². The molecule has 0 aliphatic carbocycles. The number of hydrogen-bond donors (Lipinski definition) is 3. The first kappa shape index (κ1) is 12.6. The molecular weight excluding hydrogens is 222 g/mol. The Morgan fingerprint density at radius 2 is 2.00 bits per heavy atom. The van der Waals surface area contributed by atoms with Crippen molar-refractivity contribution in [3.05, 3.63) is 11.4 Å². The molecule has 0 saturated carbocycles. The Labute approximate surface area is 74.1 Å². The van der Waals surface area contributed by atoms with Crippen molar-refractivity contribution in [2.24, 2.45) is 0 Å². The zero-order valence-corrected chi connectivity index (χ0v) is 8.39. The Balaban J connectivity index is 4.74. The fraction of sp³-hybridized carbons (Fsp3) is 0.250. The van der Waals surface area contributed by atoms with Crippen molar-refractivity contribution in [2.45, 2.75) is 6.92 Å². The van der Waals surface area contributed by atoms with Gasteiger partial charge in [0.1, 0.15) is 5.31 Å². The van der Waals surface area contributed by atoms with E-state index in [1.54, 1.807) is 0 Å². The molecule has 0 aromatic rings. The molecule has 0 aliphatic rings. The second-order valence-electron chi connectivity index (χ2n) is 1.87. The average molecular weight is 230 g/mol. The second kappa shape index (κ2) is 4.69. The Bertz CT molecular complexity index is 300. The van der Waals surface area contributed by atoms with Crippen molar-refractivity contribution in [3.8, 4) is 0 Å². The van der Waals surface area contributed by atoms with Crippen molar-refractivity contribution in [2.75, 3.05) is 0 Å². The van der Waals surface area contributed by atoms with Crippen LogP contribution in [-0.4, -0.2) is 20.6 Å². The van der Waals surface area contributed by atoms with Crippen molar-refractivity contribution >= 4 is 21.8 Å². The van der Waals surface area contributed by atoms with Gasteiger partial charge in [0, 0.05) is 0 Å². The number of rotatable bonds is 3. The van der Waals surface area contributed by atoms with Crippen LogP contribution in [0.15, 0.2) is 11.4 Å². The van der Waals surface area contributed by atoms with Crippen LogP contribution in [0.3, 0.4) is 0 Å². The van der Waals surface area contributed by atoms with Gasteiger partial charge in [0.25, 0.3) is 0 Å². The van der Waals surface area contributed by atoms with E-state index in [1.807, 2.05) is 0 Å². The Morgan fingerprint density at radius 1 is 1.54 bits per heavy atom. The van der Waals surface area contributed by atoms with Gasteiger partial charge in [-0.3, -0.25) is 4.57 Å². The third-order valence-corrected chi connectivity index (χ3v) is 2.40. The van der Waals surface area contributed by atoms with Gasteiger partial charge in [-0.15, -0.1) is 0 Å².